The van der Waals surface area contributed by atoms with Gasteiger partial charge in [-0.3, -0.25) is 4.79 Å². The Labute approximate surface area is 147 Å². The van der Waals surface area contributed by atoms with E-state index in [2.05, 4.69) is 5.32 Å². The molecular weight excluding hydrogens is 316 g/mol. The number of nitrogens with zero attached hydrogens (tertiary/aromatic N) is 1. The standard InChI is InChI=1S/C20H22N2O3/c1-15-7-9-18(10-8-15)21-19(23)17-11-12-22(13-17)20(24)25-14-16-5-3-2-4-6-16/h2-10,17H,11-14H2,1H3,(H,21,23). The van der Waals surface area contributed by atoms with Crippen LogP contribution >= 0.6 is 0 Å². The van der Waals surface area contributed by atoms with Gasteiger partial charge in [0, 0.05) is 18.8 Å². The van der Waals surface area contributed by atoms with Crippen LogP contribution in [0.4, 0.5) is 10.5 Å². The monoisotopic (exact) mass is 338 g/mol. The molecule has 3 rings (SSSR count). The molecule has 2 aromatic carbocycles. The maximum atomic E-state index is 12.4. The van der Waals surface area contributed by atoms with Crippen LogP contribution < -0.4 is 5.32 Å². The molecule has 5 nitrogen and oxygen atoms in total. The van der Waals surface area contributed by atoms with Gasteiger partial charge in [-0.15, -0.1) is 0 Å². The van der Waals surface area contributed by atoms with Crippen molar-refractivity contribution in [1.82, 2.24) is 4.90 Å². The first kappa shape index (κ1) is 17.0. The maximum Gasteiger partial charge on any atom is 0.410 e. The molecule has 1 aliphatic heterocycles. The molecular formula is C20H22N2O3. The van der Waals surface area contributed by atoms with E-state index >= 15 is 0 Å². The fourth-order valence-electron chi connectivity index (χ4n) is 2.83. The second-order valence-electron chi connectivity index (χ2n) is 6.33. The molecule has 1 unspecified atom stereocenters. The van der Waals surface area contributed by atoms with Crippen LogP contribution in [0.15, 0.2) is 54.6 Å². The van der Waals surface area contributed by atoms with Crippen LogP contribution in [0.25, 0.3) is 0 Å². The summed E-state index contributed by atoms with van der Waals surface area (Å²) in [5.74, 6) is -0.257. The Morgan fingerprint density at radius 2 is 1.84 bits per heavy atom. The molecule has 1 heterocycles. The second-order valence-corrected chi connectivity index (χ2v) is 6.33. The van der Waals surface area contributed by atoms with Crippen molar-refractivity contribution >= 4 is 17.7 Å². The summed E-state index contributed by atoms with van der Waals surface area (Å²) in [6.07, 6.45) is 0.285. The van der Waals surface area contributed by atoms with Crippen molar-refractivity contribution in [2.75, 3.05) is 18.4 Å². The van der Waals surface area contributed by atoms with Crippen molar-refractivity contribution in [2.45, 2.75) is 20.0 Å². The summed E-state index contributed by atoms with van der Waals surface area (Å²) in [5, 5.41) is 2.91. The lowest BCUT2D eigenvalue weighted by atomic mass is 10.1. The quantitative estimate of drug-likeness (QED) is 0.927. The van der Waals surface area contributed by atoms with Gasteiger partial charge in [-0.25, -0.2) is 4.79 Å². The van der Waals surface area contributed by atoms with Gasteiger partial charge < -0.3 is 15.0 Å². The number of carbonyl (C=O) groups is 2. The first-order chi connectivity index (χ1) is 12.1. The number of carbonyl (C=O) groups excluding carboxylic acids is 2. The minimum atomic E-state index is -0.366. The average Bonchev–Trinajstić information content (AvgIpc) is 3.13. The Morgan fingerprint density at radius 1 is 1.12 bits per heavy atom. The number of hydrogen-bond donors (Lipinski definition) is 1. The molecule has 130 valence electrons. The second kappa shape index (κ2) is 7.83. The molecule has 0 aliphatic carbocycles. The van der Waals surface area contributed by atoms with Crippen molar-refractivity contribution in [3.05, 3.63) is 65.7 Å². The molecule has 0 bridgehead atoms. The van der Waals surface area contributed by atoms with Gasteiger partial charge >= 0.3 is 6.09 Å². The van der Waals surface area contributed by atoms with E-state index in [9.17, 15) is 9.59 Å². The topological polar surface area (TPSA) is 58.6 Å². The number of likely N-dealkylation sites (tertiary alicyclic amines) is 1. The Bertz CT molecular complexity index is 728. The predicted octanol–water partition coefficient (Wildman–Crippen LogP) is 3.59. The summed E-state index contributed by atoms with van der Waals surface area (Å²) in [6, 6.07) is 17.2. The zero-order valence-corrected chi connectivity index (χ0v) is 14.3. The summed E-state index contributed by atoms with van der Waals surface area (Å²) in [6.45, 7) is 3.18. The lowest BCUT2D eigenvalue weighted by Gasteiger charge is -2.16. The van der Waals surface area contributed by atoms with E-state index in [0.29, 0.717) is 19.5 Å². The smallest absolute Gasteiger partial charge is 0.410 e. The molecule has 1 aliphatic rings. The summed E-state index contributed by atoms with van der Waals surface area (Å²) in [7, 11) is 0. The van der Waals surface area contributed by atoms with Crippen molar-refractivity contribution < 1.29 is 14.3 Å². The lowest BCUT2D eigenvalue weighted by Crippen LogP contribution is -2.31. The van der Waals surface area contributed by atoms with E-state index in [-0.39, 0.29) is 24.5 Å². The van der Waals surface area contributed by atoms with E-state index in [1.54, 1.807) is 4.90 Å². The number of ether oxygens (including phenoxy) is 1. The number of nitrogens with one attached hydrogen (secondary N) is 1. The van der Waals surface area contributed by atoms with Crippen molar-refractivity contribution in [3.63, 3.8) is 0 Å². The third-order valence-electron chi connectivity index (χ3n) is 4.34. The molecule has 1 saturated heterocycles. The van der Waals surface area contributed by atoms with Gasteiger partial charge in [0.1, 0.15) is 6.61 Å². The molecule has 0 saturated carbocycles. The van der Waals surface area contributed by atoms with Crippen LogP contribution in [0.3, 0.4) is 0 Å². The summed E-state index contributed by atoms with van der Waals surface area (Å²) in [4.78, 5) is 26.1. The molecule has 1 atom stereocenters. The van der Waals surface area contributed by atoms with Crippen LogP contribution in [0.2, 0.25) is 0 Å². The number of aryl methyl sites for hydroxylation is 1. The third kappa shape index (κ3) is 4.59. The molecule has 25 heavy (non-hydrogen) atoms. The van der Waals surface area contributed by atoms with Gasteiger partial charge in [-0.2, -0.15) is 0 Å². The van der Waals surface area contributed by atoms with E-state index < -0.39 is 0 Å². The normalized spacial score (nSPS) is 16.5. The van der Waals surface area contributed by atoms with Gasteiger partial charge in [0.05, 0.1) is 5.92 Å². The first-order valence-electron chi connectivity index (χ1n) is 8.45. The van der Waals surface area contributed by atoms with Crippen LogP contribution in [0, 0.1) is 12.8 Å². The summed E-state index contributed by atoms with van der Waals surface area (Å²) >= 11 is 0. The minimum Gasteiger partial charge on any atom is -0.445 e. The highest BCUT2D eigenvalue weighted by Crippen LogP contribution is 2.20. The maximum absolute atomic E-state index is 12.4. The van der Waals surface area contributed by atoms with Crippen molar-refractivity contribution in [1.29, 1.82) is 0 Å². The minimum absolute atomic E-state index is 0.0535. The number of rotatable bonds is 4. The van der Waals surface area contributed by atoms with Crippen molar-refractivity contribution in [3.8, 4) is 0 Å². The van der Waals surface area contributed by atoms with Gasteiger partial charge in [0.15, 0.2) is 0 Å². The van der Waals surface area contributed by atoms with E-state index in [1.165, 1.54) is 0 Å². The van der Waals surface area contributed by atoms with Gasteiger partial charge in [-0.05, 0) is 31.0 Å². The molecule has 0 aromatic heterocycles. The van der Waals surface area contributed by atoms with Gasteiger partial charge in [0.25, 0.3) is 0 Å². The zero-order chi connectivity index (χ0) is 17.6. The van der Waals surface area contributed by atoms with Crippen molar-refractivity contribution in [2.24, 2.45) is 5.92 Å². The fraction of sp³-hybridized carbons (Fsp3) is 0.300. The fourth-order valence-corrected chi connectivity index (χ4v) is 2.83. The van der Waals surface area contributed by atoms with E-state index in [4.69, 9.17) is 4.74 Å². The predicted molar refractivity (Wildman–Crippen MR) is 96.1 cm³/mol. The SMILES string of the molecule is Cc1ccc(NC(=O)C2CCN(C(=O)OCc3ccccc3)C2)cc1. The Hall–Kier alpha value is -2.82. The Balaban J connectivity index is 1.48. The zero-order valence-electron chi connectivity index (χ0n) is 14.3. The Morgan fingerprint density at radius 3 is 2.56 bits per heavy atom. The molecule has 1 fully saturated rings. The number of anilines is 1. The van der Waals surface area contributed by atoms with Crippen LogP contribution in [-0.2, 0) is 16.1 Å². The largest absolute Gasteiger partial charge is 0.445 e. The number of benzene rings is 2. The summed E-state index contributed by atoms with van der Waals surface area (Å²) in [5.41, 5.74) is 2.87. The molecule has 1 N–H and O–H groups in total. The van der Waals surface area contributed by atoms with Crippen LogP contribution in [0.5, 0.6) is 0 Å². The highest BCUT2D eigenvalue weighted by molar-refractivity contribution is 5.93. The lowest BCUT2D eigenvalue weighted by molar-refractivity contribution is -0.119. The molecule has 0 radical (unpaired) electrons. The Kier molecular flexibility index (Phi) is 5.33. The first-order valence-corrected chi connectivity index (χ1v) is 8.45. The highest BCUT2D eigenvalue weighted by Gasteiger charge is 2.31. The average molecular weight is 338 g/mol. The van der Waals surface area contributed by atoms with Gasteiger partial charge in [-0.1, -0.05) is 48.0 Å². The molecule has 2 aromatic rings. The summed E-state index contributed by atoms with van der Waals surface area (Å²) < 4.78 is 5.33. The van der Waals surface area contributed by atoms with Gasteiger partial charge in [0.2, 0.25) is 5.91 Å². The van der Waals surface area contributed by atoms with Crippen LogP contribution in [-0.4, -0.2) is 30.0 Å². The highest BCUT2D eigenvalue weighted by atomic mass is 16.6. The third-order valence-corrected chi connectivity index (χ3v) is 4.34. The van der Waals surface area contributed by atoms with E-state index in [0.717, 1.165) is 16.8 Å². The number of amides is 2. The molecule has 0 spiro atoms. The molecule has 5 heteroatoms. The molecule has 2 amide bonds. The number of hydrogen-bond acceptors (Lipinski definition) is 3. The van der Waals surface area contributed by atoms with Crippen LogP contribution in [0.1, 0.15) is 17.5 Å². The van der Waals surface area contributed by atoms with E-state index in [1.807, 2.05) is 61.5 Å².